The van der Waals surface area contributed by atoms with E-state index in [1.807, 2.05) is 18.4 Å². The summed E-state index contributed by atoms with van der Waals surface area (Å²) in [6, 6.07) is 8.23. The van der Waals surface area contributed by atoms with Crippen LogP contribution in [0, 0.1) is 0 Å². The van der Waals surface area contributed by atoms with E-state index in [0.717, 1.165) is 36.8 Å². The minimum Gasteiger partial charge on any atom is -0.487 e. The van der Waals surface area contributed by atoms with Crippen LogP contribution in [-0.2, 0) is 17.8 Å². The van der Waals surface area contributed by atoms with Crippen LogP contribution in [0.1, 0.15) is 55.2 Å². The number of oxazole rings is 1. The second-order valence-corrected chi connectivity index (χ2v) is 6.90. The molecule has 0 spiro atoms. The van der Waals surface area contributed by atoms with Gasteiger partial charge < -0.3 is 13.9 Å². The second-order valence-electron chi connectivity index (χ2n) is 6.43. The Kier molecular flexibility index (Phi) is 9.60. The number of aromatic nitrogens is 1. The molecule has 1 aliphatic rings. The number of methoxy groups -OCH3 is 1. The highest BCUT2D eigenvalue weighted by molar-refractivity contribution is 7.96. The van der Waals surface area contributed by atoms with Gasteiger partial charge in [0.1, 0.15) is 24.3 Å². The molecule has 26 heavy (non-hydrogen) atoms. The summed E-state index contributed by atoms with van der Waals surface area (Å²) >= 11 is 1.25. The zero-order valence-corrected chi connectivity index (χ0v) is 16.6. The second kappa shape index (κ2) is 12.0. The Morgan fingerprint density at radius 2 is 2.08 bits per heavy atom. The molecule has 0 aliphatic heterocycles. The van der Waals surface area contributed by atoms with E-state index in [4.69, 9.17) is 19.0 Å². The Morgan fingerprint density at radius 1 is 1.31 bits per heavy atom. The monoisotopic (exact) mass is 378 g/mol. The van der Waals surface area contributed by atoms with Crippen LogP contribution in [0.25, 0.3) is 0 Å². The molecular formula is C20H30N2O3S. The van der Waals surface area contributed by atoms with Gasteiger partial charge in [0.25, 0.3) is 0 Å². The zero-order chi connectivity index (χ0) is 18.6. The van der Waals surface area contributed by atoms with Crippen LogP contribution in [0.15, 0.2) is 34.9 Å². The summed E-state index contributed by atoms with van der Waals surface area (Å²) in [6.45, 7) is 1.24. The van der Waals surface area contributed by atoms with Crippen molar-refractivity contribution < 1.29 is 13.9 Å². The molecule has 0 unspecified atom stereocenters. The quantitative estimate of drug-likeness (QED) is 0.530. The van der Waals surface area contributed by atoms with Gasteiger partial charge in [0, 0.05) is 19.6 Å². The Morgan fingerprint density at radius 3 is 2.81 bits per heavy atom. The maximum absolute atomic E-state index is 5.86. The van der Waals surface area contributed by atoms with E-state index in [1.165, 1.54) is 43.2 Å². The fraction of sp³-hybridized carbons (Fsp3) is 0.550. The summed E-state index contributed by atoms with van der Waals surface area (Å²) in [5, 5.41) is 4.76. The van der Waals surface area contributed by atoms with Crippen LogP contribution in [-0.4, -0.2) is 25.0 Å². The summed E-state index contributed by atoms with van der Waals surface area (Å²) in [6.07, 6.45) is 10.5. The third kappa shape index (κ3) is 7.02. The largest absolute Gasteiger partial charge is 0.487 e. The average molecular weight is 379 g/mol. The van der Waals surface area contributed by atoms with Gasteiger partial charge in [-0.1, -0.05) is 36.9 Å². The van der Waals surface area contributed by atoms with E-state index in [2.05, 4.69) is 17.1 Å². The summed E-state index contributed by atoms with van der Waals surface area (Å²) in [4.78, 5) is 4.58. The standard InChI is InChI=1S/C19H25NO3.CH5NS/c1-21-11-5-7-15-6-4-10-18(12-15)22-13-17-14-23-19(20-17)16-8-2-3-9-16;1-3-2/h4,6,10,12,14,16H,2-3,5,7-9,11,13H2,1H3;2H2,1H3. The lowest BCUT2D eigenvalue weighted by molar-refractivity contribution is 0.195. The van der Waals surface area contributed by atoms with Crippen LogP contribution in [0.2, 0.25) is 0 Å². The molecule has 1 aromatic heterocycles. The van der Waals surface area contributed by atoms with Crippen molar-refractivity contribution in [3.05, 3.63) is 47.7 Å². The van der Waals surface area contributed by atoms with Gasteiger partial charge in [0.2, 0.25) is 0 Å². The SMILES string of the molecule is COCCCc1cccc(OCc2coc(C3CCCC3)n2)c1.CSN. The molecule has 5 nitrogen and oxygen atoms in total. The molecule has 144 valence electrons. The molecule has 1 aromatic carbocycles. The molecule has 0 amide bonds. The van der Waals surface area contributed by atoms with Gasteiger partial charge in [-0.25, -0.2) is 4.98 Å². The first-order valence-electron chi connectivity index (χ1n) is 9.14. The van der Waals surface area contributed by atoms with Crippen molar-refractivity contribution in [1.29, 1.82) is 0 Å². The maximum Gasteiger partial charge on any atom is 0.197 e. The third-order valence-electron chi connectivity index (χ3n) is 4.37. The first-order valence-corrected chi connectivity index (χ1v) is 10.4. The number of nitrogens with two attached hydrogens (primary N) is 1. The van der Waals surface area contributed by atoms with Gasteiger partial charge in [-0.15, -0.1) is 0 Å². The highest BCUT2D eigenvalue weighted by Crippen LogP contribution is 2.33. The Hall–Kier alpha value is -1.50. The van der Waals surface area contributed by atoms with Crippen molar-refractivity contribution in [3.63, 3.8) is 0 Å². The van der Waals surface area contributed by atoms with Crippen molar-refractivity contribution in [1.82, 2.24) is 4.98 Å². The predicted molar refractivity (Wildman–Crippen MR) is 106 cm³/mol. The molecule has 1 heterocycles. The van der Waals surface area contributed by atoms with Crippen LogP contribution < -0.4 is 9.88 Å². The van der Waals surface area contributed by atoms with E-state index in [9.17, 15) is 0 Å². The van der Waals surface area contributed by atoms with Crippen molar-refractivity contribution in [3.8, 4) is 5.75 Å². The van der Waals surface area contributed by atoms with Gasteiger partial charge in [0.15, 0.2) is 5.89 Å². The maximum atomic E-state index is 5.86. The van der Waals surface area contributed by atoms with Gasteiger partial charge in [0.05, 0.1) is 0 Å². The number of rotatable bonds is 8. The van der Waals surface area contributed by atoms with Gasteiger partial charge >= 0.3 is 0 Å². The van der Waals surface area contributed by atoms with Gasteiger partial charge in [-0.2, -0.15) is 0 Å². The van der Waals surface area contributed by atoms with E-state index in [0.29, 0.717) is 12.5 Å². The Bertz CT molecular complexity index is 627. The number of nitrogens with zero attached hydrogens (tertiary/aromatic N) is 1. The van der Waals surface area contributed by atoms with Gasteiger partial charge in [-0.3, -0.25) is 5.14 Å². The van der Waals surface area contributed by atoms with E-state index >= 15 is 0 Å². The predicted octanol–water partition coefficient (Wildman–Crippen LogP) is 4.71. The molecule has 0 atom stereocenters. The average Bonchev–Trinajstić information content (AvgIpc) is 3.33. The molecule has 2 aromatic rings. The van der Waals surface area contributed by atoms with E-state index < -0.39 is 0 Å². The lowest BCUT2D eigenvalue weighted by atomic mass is 10.1. The van der Waals surface area contributed by atoms with E-state index in [1.54, 1.807) is 13.4 Å². The molecule has 6 heteroatoms. The Balaban J connectivity index is 0.000000758. The van der Waals surface area contributed by atoms with Gasteiger partial charge in [-0.05, 0) is 49.6 Å². The molecule has 0 bridgehead atoms. The molecule has 0 saturated heterocycles. The zero-order valence-electron chi connectivity index (χ0n) is 15.8. The normalized spacial score (nSPS) is 14.1. The van der Waals surface area contributed by atoms with Crippen molar-refractivity contribution in [2.75, 3.05) is 20.0 Å². The third-order valence-corrected chi connectivity index (χ3v) is 4.37. The summed E-state index contributed by atoms with van der Waals surface area (Å²) in [5.41, 5.74) is 2.14. The molecule has 0 radical (unpaired) electrons. The molecule has 1 saturated carbocycles. The molecule has 3 rings (SSSR count). The molecule has 2 N–H and O–H groups in total. The number of hydrogen-bond donors (Lipinski definition) is 1. The smallest absolute Gasteiger partial charge is 0.197 e. The highest BCUT2D eigenvalue weighted by atomic mass is 32.2. The first kappa shape index (κ1) is 20.8. The number of aryl methyl sites for hydroxylation is 1. The van der Waals surface area contributed by atoms with Crippen LogP contribution in [0.4, 0.5) is 0 Å². The lowest BCUT2D eigenvalue weighted by Crippen LogP contribution is -1.98. The van der Waals surface area contributed by atoms with Crippen LogP contribution in [0.5, 0.6) is 5.75 Å². The van der Waals surface area contributed by atoms with Crippen LogP contribution in [0.3, 0.4) is 0 Å². The molecular weight excluding hydrogens is 348 g/mol. The van der Waals surface area contributed by atoms with Crippen molar-refractivity contribution in [2.45, 2.75) is 51.0 Å². The lowest BCUT2D eigenvalue weighted by Gasteiger charge is -2.07. The summed E-state index contributed by atoms with van der Waals surface area (Å²) in [7, 11) is 1.73. The van der Waals surface area contributed by atoms with Crippen molar-refractivity contribution in [2.24, 2.45) is 5.14 Å². The fourth-order valence-electron chi connectivity index (χ4n) is 3.12. The first-order chi connectivity index (χ1) is 12.8. The fourth-order valence-corrected chi connectivity index (χ4v) is 3.12. The van der Waals surface area contributed by atoms with Crippen molar-refractivity contribution >= 4 is 11.9 Å². The van der Waals surface area contributed by atoms with Crippen LogP contribution >= 0.6 is 11.9 Å². The minimum absolute atomic E-state index is 0.456. The topological polar surface area (TPSA) is 70.5 Å². The molecule has 1 fully saturated rings. The minimum atomic E-state index is 0.456. The summed E-state index contributed by atoms with van der Waals surface area (Å²) < 4.78 is 16.6. The number of hydrogen-bond acceptors (Lipinski definition) is 6. The number of ether oxygens (including phenoxy) is 2. The number of benzene rings is 1. The highest BCUT2D eigenvalue weighted by Gasteiger charge is 2.21. The molecule has 1 aliphatic carbocycles. The van der Waals surface area contributed by atoms with E-state index in [-0.39, 0.29) is 0 Å². The Labute approximate surface area is 160 Å². The summed E-state index contributed by atoms with van der Waals surface area (Å²) in [5.74, 6) is 2.27.